The molecule has 1 N–H and O–H groups in total. The van der Waals surface area contributed by atoms with E-state index in [4.69, 9.17) is 9.47 Å². The Balaban J connectivity index is 1.57. The topological polar surface area (TPSA) is 74.9 Å². The van der Waals surface area contributed by atoms with Gasteiger partial charge in [-0.15, -0.1) is 0 Å². The van der Waals surface area contributed by atoms with Gasteiger partial charge in [0.1, 0.15) is 19.3 Å². The molecular weight excluding hydrogens is 382 g/mol. The molecule has 3 aliphatic rings. The number of fused-ring (bicyclic) bond motifs is 5. The first-order chi connectivity index (χ1) is 14.6. The van der Waals surface area contributed by atoms with Gasteiger partial charge in [-0.05, 0) is 29.3 Å². The van der Waals surface area contributed by atoms with Crippen LogP contribution in [0.4, 0.5) is 0 Å². The van der Waals surface area contributed by atoms with Crippen LogP contribution in [0.15, 0.2) is 42.5 Å². The summed E-state index contributed by atoms with van der Waals surface area (Å²) in [5.41, 5.74) is 3.98. The normalized spacial score (nSPS) is 22.8. The SMILES string of the molecule is CN1CC(=O)N2[C@H](c3ccc4c(c3)OCCO4)c3[nH]c4ccccc4c3C[C@@H]2C1=O. The molecule has 2 aromatic carbocycles. The van der Waals surface area contributed by atoms with Crippen LogP contribution in [-0.4, -0.2) is 59.4 Å². The summed E-state index contributed by atoms with van der Waals surface area (Å²) in [5.74, 6) is 1.31. The van der Waals surface area contributed by atoms with Crippen molar-refractivity contribution in [3.05, 3.63) is 59.3 Å². The standard InChI is InChI=1S/C23H21N3O4/c1-25-12-20(27)26-17(23(25)28)11-15-14-4-2-3-5-16(14)24-21(15)22(26)13-6-7-18-19(10-13)30-9-8-29-18/h2-7,10,17,22,24H,8-9,11-12H2,1H3/t17-,22-/m1/s1. The van der Waals surface area contributed by atoms with Crippen LogP contribution in [0.5, 0.6) is 11.5 Å². The second-order valence-electron chi connectivity index (χ2n) is 8.08. The van der Waals surface area contributed by atoms with E-state index in [1.165, 1.54) is 4.90 Å². The van der Waals surface area contributed by atoms with Gasteiger partial charge in [0.25, 0.3) is 0 Å². The second kappa shape index (κ2) is 6.26. The minimum Gasteiger partial charge on any atom is -0.486 e. The first-order valence-corrected chi connectivity index (χ1v) is 10.2. The highest BCUT2D eigenvalue weighted by atomic mass is 16.6. The number of hydrogen-bond acceptors (Lipinski definition) is 4. The monoisotopic (exact) mass is 403 g/mol. The number of carbonyl (C=O) groups is 2. The molecule has 0 bridgehead atoms. The van der Waals surface area contributed by atoms with Crippen molar-refractivity contribution in [3.8, 4) is 11.5 Å². The highest BCUT2D eigenvalue weighted by Gasteiger charge is 2.47. The van der Waals surface area contributed by atoms with Crippen molar-refractivity contribution in [2.45, 2.75) is 18.5 Å². The molecule has 1 saturated heterocycles. The molecule has 0 aliphatic carbocycles. The molecule has 1 fully saturated rings. The van der Waals surface area contributed by atoms with Gasteiger partial charge in [-0.1, -0.05) is 24.3 Å². The van der Waals surface area contributed by atoms with Crippen molar-refractivity contribution < 1.29 is 19.1 Å². The highest BCUT2D eigenvalue weighted by Crippen LogP contribution is 2.44. The number of nitrogens with one attached hydrogen (secondary N) is 1. The molecule has 0 saturated carbocycles. The molecule has 3 aromatic rings. The molecule has 6 rings (SSSR count). The van der Waals surface area contributed by atoms with E-state index >= 15 is 0 Å². The fourth-order valence-electron chi connectivity index (χ4n) is 4.98. The zero-order valence-corrected chi connectivity index (χ0v) is 16.6. The molecule has 30 heavy (non-hydrogen) atoms. The van der Waals surface area contributed by atoms with E-state index < -0.39 is 6.04 Å². The third-order valence-corrected chi connectivity index (χ3v) is 6.34. The largest absolute Gasteiger partial charge is 0.486 e. The number of rotatable bonds is 1. The smallest absolute Gasteiger partial charge is 0.245 e. The van der Waals surface area contributed by atoms with Crippen molar-refractivity contribution >= 4 is 22.7 Å². The molecular formula is C23H21N3O4. The Morgan fingerprint density at radius 3 is 2.70 bits per heavy atom. The van der Waals surface area contributed by atoms with Crippen LogP contribution >= 0.6 is 0 Å². The van der Waals surface area contributed by atoms with Crippen LogP contribution in [0.25, 0.3) is 10.9 Å². The van der Waals surface area contributed by atoms with Crippen LogP contribution in [0.3, 0.4) is 0 Å². The van der Waals surface area contributed by atoms with Gasteiger partial charge in [-0.3, -0.25) is 9.59 Å². The number of nitrogens with zero attached hydrogens (tertiary/aromatic N) is 2. The van der Waals surface area contributed by atoms with E-state index in [0.29, 0.717) is 31.1 Å². The van der Waals surface area contributed by atoms with E-state index in [-0.39, 0.29) is 24.4 Å². The summed E-state index contributed by atoms with van der Waals surface area (Å²) >= 11 is 0. The number of ether oxygens (including phenoxy) is 2. The third-order valence-electron chi connectivity index (χ3n) is 6.34. The average molecular weight is 403 g/mol. The molecule has 2 amide bonds. The summed E-state index contributed by atoms with van der Waals surface area (Å²) < 4.78 is 11.5. The van der Waals surface area contributed by atoms with Crippen LogP contribution in [0.1, 0.15) is 22.9 Å². The van der Waals surface area contributed by atoms with Gasteiger partial charge >= 0.3 is 0 Å². The lowest BCUT2D eigenvalue weighted by molar-refractivity contribution is -0.157. The van der Waals surface area contributed by atoms with Crippen molar-refractivity contribution in [2.75, 3.05) is 26.8 Å². The van der Waals surface area contributed by atoms with E-state index in [0.717, 1.165) is 27.7 Å². The summed E-state index contributed by atoms with van der Waals surface area (Å²) in [5, 5.41) is 1.10. The molecule has 0 radical (unpaired) electrons. The van der Waals surface area contributed by atoms with Gasteiger partial charge in [-0.2, -0.15) is 0 Å². The van der Waals surface area contributed by atoms with E-state index in [9.17, 15) is 9.59 Å². The Kier molecular flexibility index (Phi) is 3.63. The van der Waals surface area contributed by atoms with Gasteiger partial charge in [0, 0.05) is 30.1 Å². The Hall–Kier alpha value is -3.48. The predicted molar refractivity (Wildman–Crippen MR) is 110 cm³/mol. The second-order valence-corrected chi connectivity index (χ2v) is 8.08. The van der Waals surface area contributed by atoms with Crippen molar-refractivity contribution in [1.82, 2.24) is 14.8 Å². The Bertz CT molecular complexity index is 1200. The summed E-state index contributed by atoms with van der Waals surface area (Å²) in [6.45, 7) is 1.11. The molecule has 0 spiro atoms. The molecule has 7 heteroatoms. The molecule has 3 aliphatic heterocycles. The summed E-state index contributed by atoms with van der Waals surface area (Å²) in [6.07, 6.45) is 0.509. The summed E-state index contributed by atoms with van der Waals surface area (Å²) in [7, 11) is 1.70. The third kappa shape index (κ3) is 2.38. The minimum absolute atomic E-state index is 0.0203. The fraction of sp³-hybridized carbons (Fsp3) is 0.304. The molecule has 4 heterocycles. The van der Waals surface area contributed by atoms with Crippen molar-refractivity contribution in [3.63, 3.8) is 0 Å². The summed E-state index contributed by atoms with van der Waals surface area (Å²) in [6, 6.07) is 13.0. The first kappa shape index (κ1) is 17.4. The quantitative estimate of drug-likeness (QED) is 0.676. The lowest BCUT2D eigenvalue weighted by Crippen LogP contribution is -2.62. The van der Waals surface area contributed by atoms with Gasteiger partial charge < -0.3 is 24.3 Å². The van der Waals surface area contributed by atoms with Crippen LogP contribution < -0.4 is 9.47 Å². The Morgan fingerprint density at radius 1 is 1.03 bits per heavy atom. The molecule has 7 nitrogen and oxygen atoms in total. The number of aromatic nitrogens is 1. The van der Waals surface area contributed by atoms with E-state index in [1.54, 1.807) is 11.9 Å². The number of carbonyl (C=O) groups excluding carboxylic acids is 2. The van der Waals surface area contributed by atoms with Gasteiger partial charge in [-0.25, -0.2) is 0 Å². The van der Waals surface area contributed by atoms with Crippen molar-refractivity contribution in [1.29, 1.82) is 0 Å². The molecule has 2 atom stereocenters. The number of hydrogen-bond donors (Lipinski definition) is 1. The number of likely N-dealkylation sites (N-methyl/N-ethyl adjacent to an activating group) is 1. The Morgan fingerprint density at radius 2 is 1.83 bits per heavy atom. The van der Waals surface area contributed by atoms with Crippen molar-refractivity contribution in [2.24, 2.45) is 0 Å². The lowest BCUT2D eigenvalue weighted by Gasteiger charge is -2.46. The maximum atomic E-state index is 13.1. The number of amides is 2. The van der Waals surface area contributed by atoms with E-state index in [1.807, 2.05) is 36.4 Å². The maximum Gasteiger partial charge on any atom is 0.245 e. The number of para-hydroxylation sites is 1. The van der Waals surface area contributed by atoms with Gasteiger partial charge in [0.2, 0.25) is 11.8 Å². The van der Waals surface area contributed by atoms with Crippen LogP contribution in [-0.2, 0) is 16.0 Å². The number of H-pyrrole nitrogens is 1. The average Bonchev–Trinajstić information content (AvgIpc) is 3.14. The highest BCUT2D eigenvalue weighted by molar-refractivity contribution is 5.97. The Labute approximate surface area is 173 Å². The summed E-state index contributed by atoms with van der Waals surface area (Å²) in [4.78, 5) is 33.0. The predicted octanol–water partition coefficient (Wildman–Crippen LogP) is 2.25. The zero-order chi connectivity index (χ0) is 20.4. The number of piperazine rings is 1. The van der Waals surface area contributed by atoms with Gasteiger partial charge in [0.15, 0.2) is 11.5 Å². The fourth-order valence-corrected chi connectivity index (χ4v) is 4.98. The lowest BCUT2D eigenvalue weighted by atomic mass is 9.86. The van der Waals surface area contributed by atoms with Crippen LogP contribution in [0.2, 0.25) is 0 Å². The van der Waals surface area contributed by atoms with Gasteiger partial charge in [0.05, 0.1) is 12.6 Å². The number of benzene rings is 2. The number of aromatic amines is 1. The molecule has 152 valence electrons. The molecule has 1 aromatic heterocycles. The first-order valence-electron chi connectivity index (χ1n) is 10.2. The maximum absolute atomic E-state index is 13.1. The van der Waals surface area contributed by atoms with Crippen LogP contribution in [0, 0.1) is 0 Å². The molecule has 0 unspecified atom stereocenters. The minimum atomic E-state index is -0.513. The zero-order valence-electron chi connectivity index (χ0n) is 16.6. The van der Waals surface area contributed by atoms with E-state index in [2.05, 4.69) is 11.1 Å².